The summed E-state index contributed by atoms with van der Waals surface area (Å²) in [6.45, 7) is 2.78. The number of anilines is 2. The SMILES string of the molecule is Cc1cccc(NC(=O)Nc2nc(=O)c(-c3cc(F)c(CNCCCN)c(F)c3)c[nH]2)c1Cl. The number of H-pyrrole nitrogens is 1. The lowest BCUT2D eigenvalue weighted by atomic mass is 10.0. The summed E-state index contributed by atoms with van der Waals surface area (Å²) in [5.74, 6) is -1.73. The van der Waals surface area contributed by atoms with Crippen LogP contribution < -0.4 is 27.2 Å². The van der Waals surface area contributed by atoms with Crippen molar-refractivity contribution >= 4 is 29.3 Å². The first-order valence-corrected chi connectivity index (χ1v) is 10.5. The molecule has 0 aliphatic carbocycles. The first kappa shape index (κ1) is 24.3. The van der Waals surface area contributed by atoms with Gasteiger partial charge in [-0.25, -0.2) is 13.6 Å². The maximum atomic E-state index is 14.4. The Bertz CT molecular complexity index is 1190. The molecule has 0 atom stereocenters. The summed E-state index contributed by atoms with van der Waals surface area (Å²) in [4.78, 5) is 31.0. The predicted molar refractivity (Wildman–Crippen MR) is 124 cm³/mol. The Labute approximate surface area is 193 Å². The first-order chi connectivity index (χ1) is 15.8. The van der Waals surface area contributed by atoms with Crippen LogP contribution in [0.2, 0.25) is 5.02 Å². The van der Waals surface area contributed by atoms with Crippen LogP contribution in [0.25, 0.3) is 11.1 Å². The average Bonchev–Trinajstić information content (AvgIpc) is 2.76. The molecule has 2 amide bonds. The molecule has 3 rings (SSSR count). The number of hydrogen-bond acceptors (Lipinski definition) is 5. The number of aromatic nitrogens is 2. The van der Waals surface area contributed by atoms with Gasteiger partial charge >= 0.3 is 6.03 Å². The molecule has 0 radical (unpaired) electrons. The van der Waals surface area contributed by atoms with E-state index in [1.807, 2.05) is 0 Å². The normalized spacial score (nSPS) is 10.8. The van der Waals surface area contributed by atoms with Gasteiger partial charge in [0.15, 0.2) is 0 Å². The minimum Gasteiger partial charge on any atom is -0.331 e. The van der Waals surface area contributed by atoms with Crippen LogP contribution in [0.3, 0.4) is 0 Å². The van der Waals surface area contributed by atoms with Crippen molar-refractivity contribution in [2.45, 2.75) is 19.9 Å². The fourth-order valence-corrected chi connectivity index (χ4v) is 3.21. The molecule has 6 N–H and O–H groups in total. The molecule has 33 heavy (non-hydrogen) atoms. The van der Waals surface area contributed by atoms with E-state index in [0.717, 1.165) is 17.7 Å². The van der Waals surface area contributed by atoms with E-state index >= 15 is 0 Å². The number of rotatable bonds is 8. The van der Waals surface area contributed by atoms with Crippen LogP contribution in [-0.2, 0) is 6.54 Å². The Morgan fingerprint density at radius 1 is 1.21 bits per heavy atom. The van der Waals surface area contributed by atoms with E-state index < -0.39 is 23.2 Å². The minimum atomic E-state index is -0.790. The van der Waals surface area contributed by atoms with Gasteiger partial charge in [0, 0.05) is 18.3 Å². The molecular weight excluding hydrogens is 454 g/mol. The van der Waals surface area contributed by atoms with Crippen LogP contribution in [0, 0.1) is 18.6 Å². The molecule has 0 saturated carbocycles. The smallest absolute Gasteiger partial charge is 0.326 e. The van der Waals surface area contributed by atoms with Crippen molar-refractivity contribution in [1.29, 1.82) is 0 Å². The number of halogens is 3. The Morgan fingerprint density at radius 3 is 2.61 bits per heavy atom. The van der Waals surface area contributed by atoms with E-state index in [4.69, 9.17) is 17.3 Å². The fourth-order valence-electron chi connectivity index (χ4n) is 3.04. The number of nitrogens with one attached hydrogen (secondary N) is 4. The van der Waals surface area contributed by atoms with E-state index in [0.29, 0.717) is 30.2 Å². The van der Waals surface area contributed by atoms with Gasteiger partial charge in [-0.1, -0.05) is 23.7 Å². The summed E-state index contributed by atoms with van der Waals surface area (Å²) in [6.07, 6.45) is 1.90. The van der Waals surface area contributed by atoms with Gasteiger partial charge in [0.1, 0.15) is 11.6 Å². The number of carbonyl (C=O) groups is 1. The lowest BCUT2D eigenvalue weighted by Crippen LogP contribution is -2.23. The van der Waals surface area contributed by atoms with Crippen molar-refractivity contribution < 1.29 is 13.6 Å². The molecule has 1 aromatic heterocycles. The number of aryl methyl sites for hydroxylation is 1. The number of benzene rings is 2. The standard InChI is InChI=1S/C22H23ClF2N6O2/c1-12-4-2-5-18(19(12)23)29-22(33)31-21-28-11-14(20(32)30-21)13-8-16(24)15(17(25)9-13)10-27-7-3-6-26/h2,4-5,8-9,11,27H,3,6-7,10,26H2,1H3,(H3,28,29,30,31,32,33). The number of carbonyl (C=O) groups excluding carboxylic acids is 1. The van der Waals surface area contributed by atoms with Crippen LogP contribution in [0.4, 0.5) is 25.2 Å². The highest BCUT2D eigenvalue weighted by molar-refractivity contribution is 6.34. The van der Waals surface area contributed by atoms with E-state index in [1.54, 1.807) is 25.1 Å². The molecule has 1 heterocycles. The van der Waals surface area contributed by atoms with Gasteiger partial charge in [0.05, 0.1) is 16.3 Å². The van der Waals surface area contributed by atoms with Crippen LogP contribution >= 0.6 is 11.6 Å². The summed E-state index contributed by atoms with van der Waals surface area (Å²) < 4.78 is 28.9. The van der Waals surface area contributed by atoms with Crippen molar-refractivity contribution in [2.75, 3.05) is 23.7 Å². The molecule has 174 valence electrons. The van der Waals surface area contributed by atoms with Crippen LogP contribution in [0.1, 0.15) is 17.5 Å². The Balaban J connectivity index is 1.73. The topological polar surface area (TPSA) is 125 Å². The molecule has 0 aliphatic heterocycles. The third kappa shape index (κ3) is 6.13. The second kappa shape index (κ2) is 11.0. The van der Waals surface area contributed by atoms with E-state index in [2.05, 4.69) is 25.9 Å². The van der Waals surface area contributed by atoms with Gasteiger partial charge in [-0.05, 0) is 55.8 Å². The zero-order valence-electron chi connectivity index (χ0n) is 17.8. The zero-order valence-corrected chi connectivity index (χ0v) is 18.5. The highest BCUT2D eigenvalue weighted by Gasteiger charge is 2.15. The molecule has 0 spiro atoms. The first-order valence-electron chi connectivity index (χ1n) is 10.1. The molecule has 0 fully saturated rings. The summed E-state index contributed by atoms with van der Waals surface area (Å²) in [5, 5.41) is 8.23. The highest BCUT2D eigenvalue weighted by Crippen LogP contribution is 2.25. The molecule has 3 aromatic rings. The summed E-state index contributed by atoms with van der Waals surface area (Å²) in [7, 11) is 0. The molecule has 0 aliphatic rings. The fraction of sp³-hybridized carbons (Fsp3) is 0.227. The maximum absolute atomic E-state index is 14.4. The highest BCUT2D eigenvalue weighted by atomic mass is 35.5. The largest absolute Gasteiger partial charge is 0.331 e. The van der Waals surface area contributed by atoms with Crippen LogP contribution in [-0.4, -0.2) is 29.1 Å². The van der Waals surface area contributed by atoms with Crippen molar-refractivity contribution in [1.82, 2.24) is 15.3 Å². The van der Waals surface area contributed by atoms with Crippen molar-refractivity contribution in [3.8, 4) is 11.1 Å². The van der Waals surface area contributed by atoms with Crippen LogP contribution in [0.15, 0.2) is 41.3 Å². The molecule has 0 bridgehead atoms. The third-order valence-electron chi connectivity index (χ3n) is 4.78. The molecular formula is C22H23ClF2N6O2. The number of nitrogens with two attached hydrogens (primary N) is 1. The van der Waals surface area contributed by atoms with Crippen molar-refractivity contribution in [3.05, 3.63) is 74.7 Å². The Kier molecular flexibility index (Phi) is 8.10. The van der Waals surface area contributed by atoms with Crippen molar-refractivity contribution in [3.63, 3.8) is 0 Å². The third-order valence-corrected chi connectivity index (χ3v) is 5.28. The van der Waals surface area contributed by atoms with E-state index in [1.165, 1.54) is 6.20 Å². The lowest BCUT2D eigenvalue weighted by Gasteiger charge is -2.11. The summed E-state index contributed by atoms with van der Waals surface area (Å²) in [6, 6.07) is 6.59. The Hall–Kier alpha value is -3.34. The van der Waals surface area contributed by atoms with Gasteiger partial charge in [-0.3, -0.25) is 10.1 Å². The lowest BCUT2D eigenvalue weighted by molar-refractivity contribution is 0.262. The number of amides is 2. The molecule has 2 aromatic carbocycles. The number of hydrogen-bond donors (Lipinski definition) is 5. The van der Waals surface area contributed by atoms with E-state index in [9.17, 15) is 18.4 Å². The average molecular weight is 477 g/mol. The molecule has 8 nitrogen and oxygen atoms in total. The number of aromatic amines is 1. The van der Waals surface area contributed by atoms with Gasteiger partial charge in [0.2, 0.25) is 5.95 Å². The minimum absolute atomic E-state index is 0.00449. The molecule has 0 saturated heterocycles. The van der Waals surface area contributed by atoms with Gasteiger partial charge in [0.25, 0.3) is 5.56 Å². The Morgan fingerprint density at radius 2 is 1.94 bits per heavy atom. The number of nitrogens with zero attached hydrogens (tertiary/aromatic N) is 1. The second-order valence-corrected chi connectivity index (χ2v) is 7.60. The van der Waals surface area contributed by atoms with Gasteiger partial charge in [-0.15, -0.1) is 0 Å². The predicted octanol–water partition coefficient (Wildman–Crippen LogP) is 3.76. The molecule has 11 heteroatoms. The quantitative estimate of drug-likeness (QED) is 0.316. The summed E-state index contributed by atoms with van der Waals surface area (Å²) >= 11 is 6.15. The molecule has 0 unspecified atom stereocenters. The van der Waals surface area contributed by atoms with E-state index in [-0.39, 0.29) is 29.2 Å². The zero-order chi connectivity index (χ0) is 24.0. The number of urea groups is 1. The van der Waals surface area contributed by atoms with Gasteiger partial charge in [-0.2, -0.15) is 4.98 Å². The monoisotopic (exact) mass is 476 g/mol. The summed E-state index contributed by atoms with van der Waals surface area (Å²) in [5.41, 5.74) is 5.62. The maximum Gasteiger partial charge on any atom is 0.326 e. The second-order valence-electron chi connectivity index (χ2n) is 7.22. The van der Waals surface area contributed by atoms with Crippen molar-refractivity contribution in [2.24, 2.45) is 5.73 Å². The van der Waals surface area contributed by atoms with Gasteiger partial charge < -0.3 is 21.4 Å². The van der Waals surface area contributed by atoms with Crippen LogP contribution in [0.5, 0.6) is 0 Å².